The van der Waals surface area contributed by atoms with Crippen LogP contribution in [-0.4, -0.2) is 38.7 Å². The van der Waals surface area contributed by atoms with Crippen molar-refractivity contribution < 1.29 is 4.79 Å². The van der Waals surface area contributed by atoms with Crippen molar-refractivity contribution >= 4 is 27.7 Å². The predicted octanol–water partition coefficient (Wildman–Crippen LogP) is 4.55. The van der Waals surface area contributed by atoms with Crippen molar-refractivity contribution in [3.8, 4) is 5.69 Å². The number of hydrogen-bond donors (Lipinski definition) is 1. The quantitative estimate of drug-likeness (QED) is 0.520. The van der Waals surface area contributed by atoms with Gasteiger partial charge in [0.1, 0.15) is 0 Å². The van der Waals surface area contributed by atoms with Crippen LogP contribution >= 0.6 is 0 Å². The van der Waals surface area contributed by atoms with Crippen molar-refractivity contribution in [2.45, 2.75) is 33.6 Å². The molecule has 2 atom stereocenters. The van der Waals surface area contributed by atoms with Crippen molar-refractivity contribution in [2.75, 3.05) is 13.1 Å². The Balaban J connectivity index is 1.59. The summed E-state index contributed by atoms with van der Waals surface area (Å²) in [6.07, 6.45) is 3.71. The summed E-state index contributed by atoms with van der Waals surface area (Å²) in [5.74, 6) is 1.04. The molecule has 4 aromatic rings. The molecule has 5 rings (SSSR count). The third-order valence-electron chi connectivity index (χ3n) is 6.53. The Morgan fingerprint density at radius 2 is 1.78 bits per heavy atom. The molecule has 0 aliphatic carbocycles. The van der Waals surface area contributed by atoms with E-state index < -0.39 is 0 Å². The largest absolute Gasteiger partial charge is 0.338 e. The number of piperidine rings is 1. The Labute approximate surface area is 186 Å². The zero-order valence-electron chi connectivity index (χ0n) is 18.8. The first-order valence-electron chi connectivity index (χ1n) is 11.4. The second kappa shape index (κ2) is 7.93. The third kappa shape index (κ3) is 3.49. The first kappa shape index (κ1) is 20.5. The number of carbonyl (C=O) groups is 1. The number of aromatic nitrogens is 3. The van der Waals surface area contributed by atoms with Crippen LogP contribution in [0.4, 0.5) is 0 Å². The van der Waals surface area contributed by atoms with Crippen LogP contribution in [0.2, 0.25) is 0 Å². The zero-order valence-corrected chi connectivity index (χ0v) is 18.8. The van der Waals surface area contributed by atoms with Gasteiger partial charge in [0.25, 0.3) is 11.5 Å². The van der Waals surface area contributed by atoms with E-state index in [1.54, 1.807) is 10.9 Å². The van der Waals surface area contributed by atoms with Crippen molar-refractivity contribution in [2.24, 2.45) is 11.8 Å². The van der Waals surface area contributed by atoms with Gasteiger partial charge < -0.3 is 4.90 Å². The fraction of sp³-hybridized carbons (Fsp3) is 0.346. The summed E-state index contributed by atoms with van der Waals surface area (Å²) in [5.41, 5.74) is 3.94. The van der Waals surface area contributed by atoms with Gasteiger partial charge in [-0.05, 0) is 60.6 Å². The van der Waals surface area contributed by atoms with Crippen molar-refractivity contribution in [3.05, 3.63) is 70.1 Å². The van der Waals surface area contributed by atoms with E-state index in [0.29, 0.717) is 28.3 Å². The molecule has 0 spiro atoms. The Morgan fingerprint density at radius 3 is 2.47 bits per heavy atom. The monoisotopic (exact) mass is 428 g/mol. The minimum Gasteiger partial charge on any atom is -0.338 e. The highest BCUT2D eigenvalue weighted by Crippen LogP contribution is 2.26. The number of hydrogen-bond acceptors (Lipinski definition) is 3. The lowest BCUT2D eigenvalue weighted by Crippen LogP contribution is -2.42. The SMILES string of the molecule is CCc1ccc(-n2[nH]c3c(cnc4ccc(C(=O)N5C[C@H](C)C[C@H](C)C5)cc43)c2=O)cc1. The normalized spacial score (nSPS) is 19.0. The molecule has 1 aliphatic rings. The van der Waals surface area contributed by atoms with E-state index in [9.17, 15) is 9.59 Å². The second-order valence-corrected chi connectivity index (χ2v) is 9.21. The topological polar surface area (TPSA) is 71.0 Å². The van der Waals surface area contributed by atoms with Crippen molar-refractivity contribution in [3.63, 3.8) is 0 Å². The molecule has 0 saturated carbocycles. The standard InChI is InChI=1S/C26H28N4O2/c1-4-18-5-8-20(9-6-18)30-26(32)22-13-27-23-10-7-19(12-21(23)24(22)28-30)25(31)29-14-16(2)11-17(3)15-29/h5-10,12-13,16-17,28H,4,11,14-15H2,1-3H3/t16-,17+. The number of fused-ring (bicyclic) bond motifs is 3. The molecule has 0 unspecified atom stereocenters. The number of nitrogens with zero attached hydrogens (tertiary/aromatic N) is 3. The van der Waals surface area contributed by atoms with Gasteiger partial charge in [-0.15, -0.1) is 0 Å². The number of likely N-dealkylation sites (tertiary alicyclic amines) is 1. The van der Waals surface area contributed by atoms with E-state index in [1.165, 1.54) is 5.56 Å². The van der Waals surface area contributed by atoms with Gasteiger partial charge in [-0.2, -0.15) is 0 Å². The highest BCUT2D eigenvalue weighted by Gasteiger charge is 2.26. The van der Waals surface area contributed by atoms with Gasteiger partial charge in [0.15, 0.2) is 0 Å². The first-order chi connectivity index (χ1) is 15.4. The molecule has 2 aromatic carbocycles. The lowest BCUT2D eigenvalue weighted by molar-refractivity contribution is 0.0623. The number of amides is 1. The molecule has 1 N–H and O–H groups in total. The minimum absolute atomic E-state index is 0.0410. The minimum atomic E-state index is -0.144. The first-order valence-corrected chi connectivity index (χ1v) is 11.4. The highest BCUT2D eigenvalue weighted by molar-refractivity contribution is 6.06. The zero-order chi connectivity index (χ0) is 22.4. The molecule has 1 amide bonds. The maximum Gasteiger partial charge on any atom is 0.280 e. The van der Waals surface area contributed by atoms with Gasteiger partial charge in [0.05, 0.1) is 22.1 Å². The summed E-state index contributed by atoms with van der Waals surface area (Å²) in [5, 5.41) is 4.56. The Kier molecular flexibility index (Phi) is 5.08. The average Bonchev–Trinajstić information content (AvgIpc) is 3.14. The Hall–Kier alpha value is -3.41. The number of nitrogens with one attached hydrogen (secondary N) is 1. The molecule has 0 bridgehead atoms. The van der Waals surface area contributed by atoms with Crippen LogP contribution < -0.4 is 5.56 Å². The summed E-state index contributed by atoms with van der Waals surface area (Å²) < 4.78 is 1.55. The fourth-order valence-electron chi connectivity index (χ4n) is 4.97. The Morgan fingerprint density at radius 1 is 1.06 bits per heavy atom. The molecule has 32 heavy (non-hydrogen) atoms. The van der Waals surface area contributed by atoms with Crippen LogP contribution in [0, 0.1) is 11.8 Å². The van der Waals surface area contributed by atoms with Crippen LogP contribution in [-0.2, 0) is 6.42 Å². The molecular weight excluding hydrogens is 400 g/mol. The molecule has 1 saturated heterocycles. The lowest BCUT2D eigenvalue weighted by atomic mass is 9.91. The second-order valence-electron chi connectivity index (χ2n) is 9.21. The molecule has 6 nitrogen and oxygen atoms in total. The fourth-order valence-corrected chi connectivity index (χ4v) is 4.97. The number of carbonyl (C=O) groups excluding carboxylic acids is 1. The van der Waals surface area contributed by atoms with Crippen LogP contribution in [0.5, 0.6) is 0 Å². The summed E-state index contributed by atoms with van der Waals surface area (Å²) in [6, 6.07) is 13.5. The number of pyridine rings is 1. The molecule has 1 aliphatic heterocycles. The summed E-state index contributed by atoms with van der Waals surface area (Å²) in [4.78, 5) is 32.8. The van der Waals surface area contributed by atoms with E-state index in [-0.39, 0.29) is 11.5 Å². The van der Waals surface area contributed by atoms with E-state index in [0.717, 1.165) is 42.5 Å². The van der Waals surface area contributed by atoms with E-state index in [4.69, 9.17) is 0 Å². The number of rotatable bonds is 3. The van der Waals surface area contributed by atoms with Crippen molar-refractivity contribution in [1.29, 1.82) is 0 Å². The van der Waals surface area contributed by atoms with Crippen LogP contribution in [0.15, 0.2) is 53.5 Å². The van der Waals surface area contributed by atoms with Gasteiger partial charge >= 0.3 is 0 Å². The highest BCUT2D eigenvalue weighted by atomic mass is 16.2. The lowest BCUT2D eigenvalue weighted by Gasteiger charge is -2.35. The van der Waals surface area contributed by atoms with Gasteiger partial charge in [0.2, 0.25) is 0 Å². The molecule has 164 valence electrons. The van der Waals surface area contributed by atoms with Crippen LogP contribution in [0.3, 0.4) is 0 Å². The maximum atomic E-state index is 13.3. The van der Waals surface area contributed by atoms with Gasteiger partial charge in [-0.25, -0.2) is 4.68 Å². The van der Waals surface area contributed by atoms with Gasteiger partial charge in [-0.3, -0.25) is 19.7 Å². The summed E-state index contributed by atoms with van der Waals surface area (Å²) in [7, 11) is 0. The molecule has 6 heteroatoms. The van der Waals surface area contributed by atoms with E-state index >= 15 is 0 Å². The maximum absolute atomic E-state index is 13.3. The molecule has 3 heterocycles. The molecule has 1 fully saturated rings. The van der Waals surface area contributed by atoms with E-state index in [1.807, 2.05) is 47.4 Å². The van der Waals surface area contributed by atoms with Crippen LogP contribution in [0.25, 0.3) is 27.5 Å². The predicted molar refractivity (Wildman–Crippen MR) is 127 cm³/mol. The van der Waals surface area contributed by atoms with Crippen molar-refractivity contribution in [1.82, 2.24) is 19.7 Å². The smallest absolute Gasteiger partial charge is 0.280 e. The number of aryl methyl sites for hydroxylation is 1. The Bertz CT molecular complexity index is 1360. The van der Waals surface area contributed by atoms with Gasteiger partial charge in [0, 0.05) is 30.2 Å². The van der Waals surface area contributed by atoms with Crippen LogP contribution in [0.1, 0.15) is 43.1 Å². The average molecular weight is 429 g/mol. The summed E-state index contributed by atoms with van der Waals surface area (Å²) in [6.45, 7) is 8.07. The molecule has 2 aromatic heterocycles. The molecule has 0 radical (unpaired) electrons. The number of H-pyrrole nitrogens is 1. The van der Waals surface area contributed by atoms with E-state index in [2.05, 4.69) is 30.9 Å². The molecular formula is C26H28N4O2. The number of aromatic amines is 1. The third-order valence-corrected chi connectivity index (χ3v) is 6.53. The number of benzene rings is 2. The van der Waals surface area contributed by atoms with Gasteiger partial charge in [-0.1, -0.05) is 32.9 Å². The summed E-state index contributed by atoms with van der Waals surface area (Å²) >= 11 is 0.